The number of pyridine rings is 1. The van der Waals surface area contributed by atoms with Gasteiger partial charge in [-0.15, -0.1) is 0 Å². The molecule has 1 aliphatic heterocycles. The first-order valence-electron chi connectivity index (χ1n) is 9.01. The third kappa shape index (κ3) is 6.29. The van der Waals surface area contributed by atoms with Crippen LogP contribution in [0, 0.1) is 0 Å². The Hall–Kier alpha value is -2.40. The van der Waals surface area contributed by atoms with Crippen molar-refractivity contribution in [2.75, 3.05) is 27.2 Å². The maximum atomic E-state index is 12.3. The van der Waals surface area contributed by atoms with Gasteiger partial charge in [0.1, 0.15) is 6.10 Å². The van der Waals surface area contributed by atoms with Crippen molar-refractivity contribution >= 4 is 12.0 Å². The van der Waals surface area contributed by atoms with E-state index in [9.17, 15) is 18.0 Å². The number of aliphatic carboxylic acids is 1. The van der Waals surface area contributed by atoms with Crippen LogP contribution in [0.5, 0.6) is 0 Å². The highest BCUT2D eigenvalue weighted by molar-refractivity contribution is 5.74. The van der Waals surface area contributed by atoms with Crippen molar-refractivity contribution < 1.29 is 37.3 Å². The lowest BCUT2D eigenvalue weighted by molar-refractivity contribution is -0.192. The van der Waals surface area contributed by atoms with Gasteiger partial charge in [0, 0.05) is 33.0 Å². The quantitative estimate of drug-likeness (QED) is 0.807. The van der Waals surface area contributed by atoms with Gasteiger partial charge in [0.15, 0.2) is 0 Å². The summed E-state index contributed by atoms with van der Waals surface area (Å²) in [6, 6.07) is 4.10. The summed E-state index contributed by atoms with van der Waals surface area (Å²) in [6.07, 6.45) is 0.367. The first-order valence-corrected chi connectivity index (χ1v) is 9.01. The van der Waals surface area contributed by atoms with E-state index in [4.69, 9.17) is 19.4 Å². The van der Waals surface area contributed by atoms with E-state index >= 15 is 0 Å². The number of nitrogens with zero attached hydrogens (tertiary/aromatic N) is 3. The van der Waals surface area contributed by atoms with Gasteiger partial charge in [0.25, 0.3) is 0 Å². The molecule has 3 rings (SSSR count). The van der Waals surface area contributed by atoms with Gasteiger partial charge in [-0.3, -0.25) is 4.98 Å². The van der Waals surface area contributed by atoms with E-state index in [0.717, 1.165) is 18.4 Å². The Bertz CT molecular complexity index is 687. The molecule has 11 heteroatoms. The van der Waals surface area contributed by atoms with Crippen LogP contribution in [-0.2, 0) is 20.9 Å². The molecule has 2 aliphatic rings. The fourth-order valence-electron chi connectivity index (χ4n) is 3.28. The van der Waals surface area contributed by atoms with Crippen molar-refractivity contribution in [3.05, 3.63) is 30.1 Å². The SMILES string of the molecule is CN(C)C(=O)N1CCO[C@H]2[C@H](OCc3cccnc3)CC[C@@H]21.O=C(O)C(F)(F)F. The van der Waals surface area contributed by atoms with E-state index in [-0.39, 0.29) is 24.3 Å². The highest BCUT2D eigenvalue weighted by Gasteiger charge is 2.45. The molecule has 1 N–H and O–H groups in total. The van der Waals surface area contributed by atoms with E-state index in [1.807, 2.05) is 23.2 Å². The van der Waals surface area contributed by atoms with Crippen LogP contribution in [0.1, 0.15) is 18.4 Å². The number of morpholine rings is 1. The Balaban J connectivity index is 0.000000370. The van der Waals surface area contributed by atoms with Crippen molar-refractivity contribution in [1.82, 2.24) is 14.8 Å². The number of alkyl halides is 3. The minimum atomic E-state index is -5.08. The second-order valence-corrected chi connectivity index (χ2v) is 6.86. The number of amides is 2. The summed E-state index contributed by atoms with van der Waals surface area (Å²) in [4.78, 5) is 28.8. The van der Waals surface area contributed by atoms with Gasteiger partial charge in [0.2, 0.25) is 0 Å². The minimum absolute atomic E-state index is 0.0191. The molecular formula is C18H24F3N3O5. The molecule has 0 spiro atoms. The summed E-state index contributed by atoms with van der Waals surface area (Å²) in [7, 11) is 3.58. The Labute approximate surface area is 166 Å². The van der Waals surface area contributed by atoms with Crippen LogP contribution >= 0.6 is 0 Å². The van der Waals surface area contributed by atoms with Crippen molar-refractivity contribution in [3.63, 3.8) is 0 Å². The Morgan fingerprint density at radius 2 is 2.07 bits per heavy atom. The predicted octanol–water partition coefficient (Wildman–Crippen LogP) is 2.14. The van der Waals surface area contributed by atoms with Crippen LogP contribution < -0.4 is 0 Å². The zero-order valence-electron chi connectivity index (χ0n) is 16.1. The number of fused-ring (bicyclic) bond motifs is 1. The van der Waals surface area contributed by atoms with Crippen LogP contribution in [0.3, 0.4) is 0 Å². The van der Waals surface area contributed by atoms with Gasteiger partial charge >= 0.3 is 18.2 Å². The number of urea groups is 1. The number of hydrogen-bond donors (Lipinski definition) is 1. The molecule has 1 saturated heterocycles. The lowest BCUT2D eigenvalue weighted by Gasteiger charge is -2.40. The van der Waals surface area contributed by atoms with Crippen molar-refractivity contribution in [1.29, 1.82) is 0 Å². The molecule has 0 bridgehead atoms. The Kier molecular flexibility index (Phi) is 7.80. The number of carbonyl (C=O) groups excluding carboxylic acids is 1. The molecule has 2 heterocycles. The van der Waals surface area contributed by atoms with E-state index in [1.54, 1.807) is 25.2 Å². The lowest BCUT2D eigenvalue weighted by Crippen LogP contribution is -2.56. The molecule has 1 saturated carbocycles. The molecule has 8 nitrogen and oxygen atoms in total. The van der Waals surface area contributed by atoms with E-state index in [2.05, 4.69) is 4.98 Å². The molecule has 0 radical (unpaired) electrons. The van der Waals surface area contributed by atoms with E-state index in [1.165, 1.54) is 0 Å². The van der Waals surface area contributed by atoms with Gasteiger partial charge in [-0.05, 0) is 24.5 Å². The average molecular weight is 419 g/mol. The molecule has 0 unspecified atom stereocenters. The lowest BCUT2D eigenvalue weighted by atomic mass is 10.1. The Morgan fingerprint density at radius 1 is 1.38 bits per heavy atom. The number of ether oxygens (including phenoxy) is 2. The largest absolute Gasteiger partial charge is 0.490 e. The second-order valence-electron chi connectivity index (χ2n) is 6.86. The summed E-state index contributed by atoms with van der Waals surface area (Å²) in [5, 5.41) is 7.12. The van der Waals surface area contributed by atoms with Gasteiger partial charge in [-0.1, -0.05) is 6.07 Å². The number of carboxylic acids is 1. The molecule has 29 heavy (non-hydrogen) atoms. The topological polar surface area (TPSA) is 92.2 Å². The normalized spacial score (nSPS) is 23.6. The molecule has 2 amide bonds. The Morgan fingerprint density at radius 3 is 2.62 bits per heavy atom. The third-order valence-corrected chi connectivity index (χ3v) is 4.59. The highest BCUT2D eigenvalue weighted by Crippen LogP contribution is 2.33. The number of hydrogen-bond acceptors (Lipinski definition) is 5. The molecule has 162 valence electrons. The van der Waals surface area contributed by atoms with Crippen LogP contribution in [0.2, 0.25) is 0 Å². The van der Waals surface area contributed by atoms with Crippen LogP contribution in [0.4, 0.5) is 18.0 Å². The van der Waals surface area contributed by atoms with Gasteiger partial charge < -0.3 is 24.4 Å². The first kappa shape index (κ1) is 22.9. The van der Waals surface area contributed by atoms with Gasteiger partial charge in [0.05, 0.1) is 25.4 Å². The molecule has 2 fully saturated rings. The molecule has 0 aromatic carbocycles. The fraction of sp³-hybridized carbons (Fsp3) is 0.611. The summed E-state index contributed by atoms with van der Waals surface area (Å²) in [5.41, 5.74) is 1.06. The van der Waals surface area contributed by atoms with Crippen LogP contribution in [0.15, 0.2) is 24.5 Å². The summed E-state index contributed by atoms with van der Waals surface area (Å²) in [5.74, 6) is -2.76. The maximum Gasteiger partial charge on any atom is 0.490 e. The number of rotatable bonds is 3. The number of carboxylic acid groups (broad SMARTS) is 1. The maximum absolute atomic E-state index is 12.3. The molecule has 1 aromatic rings. The van der Waals surface area contributed by atoms with Crippen LogP contribution in [-0.4, -0.2) is 83.6 Å². The molecule has 1 aliphatic carbocycles. The first-order chi connectivity index (χ1) is 13.6. The average Bonchev–Trinajstić information content (AvgIpc) is 3.09. The third-order valence-electron chi connectivity index (χ3n) is 4.59. The van der Waals surface area contributed by atoms with Gasteiger partial charge in [-0.25, -0.2) is 9.59 Å². The zero-order chi connectivity index (χ0) is 21.6. The monoisotopic (exact) mass is 419 g/mol. The number of aromatic nitrogens is 1. The van der Waals surface area contributed by atoms with Crippen molar-refractivity contribution in [3.8, 4) is 0 Å². The van der Waals surface area contributed by atoms with E-state index in [0.29, 0.717) is 19.8 Å². The molecular weight excluding hydrogens is 395 g/mol. The van der Waals surface area contributed by atoms with Crippen molar-refractivity contribution in [2.45, 2.75) is 43.9 Å². The summed E-state index contributed by atoms with van der Waals surface area (Å²) in [6.45, 7) is 1.77. The predicted molar refractivity (Wildman–Crippen MR) is 95.1 cm³/mol. The molecule has 3 atom stereocenters. The minimum Gasteiger partial charge on any atom is -0.475 e. The number of halogens is 3. The number of carbonyl (C=O) groups is 2. The standard InChI is InChI=1S/C16H23N3O3.C2HF3O2/c1-18(2)16(20)19-8-9-21-15-13(19)5-6-14(15)22-11-12-4-3-7-17-10-12;3-2(4,5)1(6)7/h3-4,7,10,13-15H,5-6,8-9,11H2,1-2H3;(H,6,7)/t13-,14+,15+;/m0./s1. The van der Waals surface area contributed by atoms with Crippen LogP contribution in [0.25, 0.3) is 0 Å². The second kappa shape index (κ2) is 9.88. The molecule has 1 aromatic heterocycles. The smallest absolute Gasteiger partial charge is 0.475 e. The van der Waals surface area contributed by atoms with Crippen molar-refractivity contribution in [2.24, 2.45) is 0 Å². The summed E-state index contributed by atoms with van der Waals surface area (Å²) < 4.78 is 43.7. The fourth-order valence-corrected chi connectivity index (χ4v) is 3.28. The highest BCUT2D eigenvalue weighted by atomic mass is 19.4. The summed E-state index contributed by atoms with van der Waals surface area (Å²) >= 11 is 0. The van der Waals surface area contributed by atoms with E-state index < -0.39 is 12.1 Å². The zero-order valence-corrected chi connectivity index (χ0v) is 16.1. The van der Waals surface area contributed by atoms with Gasteiger partial charge in [-0.2, -0.15) is 13.2 Å².